The Kier molecular flexibility index (Phi) is 11.0. The maximum atomic E-state index is 5.86. The second kappa shape index (κ2) is 12.9. The van der Waals surface area contributed by atoms with Crippen LogP contribution in [0.5, 0.6) is 5.75 Å². The average Bonchev–Trinajstić information content (AvgIpc) is 2.58. The number of methoxy groups -OCH3 is 1. The Bertz CT molecular complexity index is 469. The summed E-state index contributed by atoms with van der Waals surface area (Å²) < 4.78 is 16.1. The van der Waals surface area contributed by atoms with E-state index in [4.69, 9.17) is 25.8 Å². The lowest BCUT2D eigenvalue weighted by Crippen LogP contribution is -2.42. The van der Waals surface area contributed by atoms with Gasteiger partial charge < -0.3 is 24.8 Å². The summed E-state index contributed by atoms with van der Waals surface area (Å²) in [5, 5.41) is 7.18. The zero-order valence-electron chi connectivity index (χ0n) is 14.7. The highest BCUT2D eigenvalue weighted by atomic mass is 35.5. The van der Waals surface area contributed by atoms with Crippen molar-refractivity contribution in [2.75, 3.05) is 47.1 Å². The van der Waals surface area contributed by atoms with E-state index in [1.54, 1.807) is 14.2 Å². The van der Waals surface area contributed by atoms with E-state index < -0.39 is 0 Å². The van der Waals surface area contributed by atoms with Gasteiger partial charge in [0.05, 0.1) is 19.8 Å². The molecule has 0 radical (unpaired) electrons. The summed E-state index contributed by atoms with van der Waals surface area (Å²) >= 11 is 5.86. The molecule has 0 saturated carbocycles. The van der Waals surface area contributed by atoms with Gasteiger partial charge in [0.1, 0.15) is 11.9 Å². The smallest absolute Gasteiger partial charge is 0.191 e. The molecule has 0 fully saturated rings. The number of nitrogens with one attached hydrogen (secondary N) is 2. The molecule has 0 heterocycles. The molecule has 0 aliphatic rings. The van der Waals surface area contributed by atoms with E-state index in [0.29, 0.717) is 31.4 Å². The molecule has 1 atom stereocenters. The highest BCUT2D eigenvalue weighted by Gasteiger charge is 2.05. The van der Waals surface area contributed by atoms with E-state index >= 15 is 0 Å². The summed E-state index contributed by atoms with van der Waals surface area (Å²) in [4.78, 5) is 4.19. The van der Waals surface area contributed by atoms with Gasteiger partial charge in [-0.25, -0.2) is 0 Å². The number of rotatable bonds is 11. The summed E-state index contributed by atoms with van der Waals surface area (Å²) in [6.45, 7) is 5.39. The Labute approximate surface area is 149 Å². The molecule has 0 saturated heterocycles. The van der Waals surface area contributed by atoms with Crippen LogP contribution in [-0.4, -0.2) is 59.1 Å². The van der Waals surface area contributed by atoms with E-state index in [1.807, 2.05) is 31.2 Å². The maximum Gasteiger partial charge on any atom is 0.191 e. The van der Waals surface area contributed by atoms with Crippen LogP contribution in [0.3, 0.4) is 0 Å². The van der Waals surface area contributed by atoms with E-state index in [1.165, 1.54) is 0 Å². The summed E-state index contributed by atoms with van der Waals surface area (Å²) in [6.07, 6.45) is 0.906. The van der Waals surface area contributed by atoms with Gasteiger partial charge in [0.2, 0.25) is 0 Å². The number of aliphatic imine (C=N–C) groups is 1. The number of halogens is 1. The van der Waals surface area contributed by atoms with Gasteiger partial charge in [0, 0.05) is 32.3 Å². The molecule has 0 aliphatic heterocycles. The summed E-state index contributed by atoms with van der Waals surface area (Å²) in [6, 6.07) is 7.34. The fourth-order valence-corrected chi connectivity index (χ4v) is 2.00. The SMILES string of the molecule is CN=C(NCCCOCCOC)NCC(C)Oc1ccc(Cl)cc1. The summed E-state index contributed by atoms with van der Waals surface area (Å²) in [5.74, 6) is 1.54. The molecule has 0 bridgehead atoms. The van der Waals surface area contributed by atoms with Crippen molar-refractivity contribution in [3.05, 3.63) is 29.3 Å². The van der Waals surface area contributed by atoms with Crippen molar-refractivity contribution < 1.29 is 14.2 Å². The Morgan fingerprint density at radius 1 is 1.17 bits per heavy atom. The Morgan fingerprint density at radius 3 is 2.58 bits per heavy atom. The molecule has 0 aromatic heterocycles. The first-order chi connectivity index (χ1) is 11.7. The van der Waals surface area contributed by atoms with Crippen LogP contribution >= 0.6 is 11.6 Å². The molecule has 6 nitrogen and oxygen atoms in total. The van der Waals surface area contributed by atoms with Gasteiger partial charge >= 0.3 is 0 Å². The van der Waals surface area contributed by atoms with Gasteiger partial charge in [-0.2, -0.15) is 0 Å². The van der Waals surface area contributed by atoms with Crippen LogP contribution in [0.15, 0.2) is 29.3 Å². The van der Waals surface area contributed by atoms with Crippen LogP contribution < -0.4 is 15.4 Å². The summed E-state index contributed by atoms with van der Waals surface area (Å²) in [5.41, 5.74) is 0. The molecule has 136 valence electrons. The fraction of sp³-hybridized carbons (Fsp3) is 0.588. The number of nitrogens with zero attached hydrogens (tertiary/aromatic N) is 1. The largest absolute Gasteiger partial charge is 0.489 e. The van der Waals surface area contributed by atoms with Crippen molar-refractivity contribution in [1.82, 2.24) is 10.6 Å². The third-order valence-electron chi connectivity index (χ3n) is 3.12. The minimum atomic E-state index is 0.00195. The molecule has 0 aliphatic carbocycles. The minimum absolute atomic E-state index is 0.00195. The van der Waals surface area contributed by atoms with Crippen molar-refractivity contribution in [2.24, 2.45) is 4.99 Å². The number of guanidine groups is 1. The Balaban J connectivity index is 2.15. The van der Waals surface area contributed by atoms with Gasteiger partial charge in [-0.3, -0.25) is 4.99 Å². The second-order valence-corrected chi connectivity index (χ2v) is 5.66. The molecular formula is C17H28ClN3O3. The minimum Gasteiger partial charge on any atom is -0.489 e. The van der Waals surface area contributed by atoms with Gasteiger partial charge in [-0.1, -0.05) is 11.6 Å². The number of hydrogen-bond donors (Lipinski definition) is 2. The van der Waals surface area contributed by atoms with Crippen molar-refractivity contribution in [1.29, 1.82) is 0 Å². The number of hydrogen-bond acceptors (Lipinski definition) is 4. The Hall–Kier alpha value is -1.50. The van der Waals surface area contributed by atoms with E-state index in [2.05, 4.69) is 15.6 Å². The van der Waals surface area contributed by atoms with E-state index in [-0.39, 0.29) is 6.10 Å². The van der Waals surface area contributed by atoms with Crippen LogP contribution in [-0.2, 0) is 9.47 Å². The van der Waals surface area contributed by atoms with Crippen LogP contribution in [0, 0.1) is 0 Å². The van der Waals surface area contributed by atoms with Gasteiger partial charge in [-0.05, 0) is 37.6 Å². The van der Waals surface area contributed by atoms with Crippen molar-refractivity contribution in [3.8, 4) is 5.75 Å². The zero-order valence-corrected chi connectivity index (χ0v) is 15.4. The molecular weight excluding hydrogens is 330 g/mol. The van der Waals surface area contributed by atoms with Crippen LogP contribution in [0.25, 0.3) is 0 Å². The van der Waals surface area contributed by atoms with E-state index in [0.717, 1.165) is 24.7 Å². The third-order valence-corrected chi connectivity index (χ3v) is 3.37. The first-order valence-corrected chi connectivity index (χ1v) is 8.47. The number of benzene rings is 1. The normalized spacial score (nSPS) is 12.8. The quantitative estimate of drug-likeness (QED) is 0.361. The van der Waals surface area contributed by atoms with Crippen molar-refractivity contribution in [3.63, 3.8) is 0 Å². The number of ether oxygens (including phenoxy) is 3. The third kappa shape index (κ3) is 9.60. The predicted octanol–water partition coefficient (Wildman–Crippen LogP) is 2.33. The highest BCUT2D eigenvalue weighted by molar-refractivity contribution is 6.30. The topological polar surface area (TPSA) is 64.1 Å². The molecule has 24 heavy (non-hydrogen) atoms. The monoisotopic (exact) mass is 357 g/mol. The lowest BCUT2D eigenvalue weighted by Gasteiger charge is -2.17. The first kappa shape index (κ1) is 20.5. The van der Waals surface area contributed by atoms with Crippen molar-refractivity contribution in [2.45, 2.75) is 19.4 Å². The van der Waals surface area contributed by atoms with Gasteiger partial charge in [0.15, 0.2) is 5.96 Å². The highest BCUT2D eigenvalue weighted by Crippen LogP contribution is 2.16. The molecule has 0 amide bonds. The second-order valence-electron chi connectivity index (χ2n) is 5.22. The molecule has 1 aromatic carbocycles. The molecule has 1 aromatic rings. The lowest BCUT2D eigenvalue weighted by molar-refractivity contribution is 0.0698. The molecule has 1 unspecified atom stereocenters. The zero-order chi connectivity index (χ0) is 17.6. The fourth-order valence-electron chi connectivity index (χ4n) is 1.87. The van der Waals surface area contributed by atoms with Crippen molar-refractivity contribution >= 4 is 17.6 Å². The maximum absolute atomic E-state index is 5.86. The van der Waals surface area contributed by atoms with E-state index in [9.17, 15) is 0 Å². The molecule has 1 rings (SSSR count). The first-order valence-electron chi connectivity index (χ1n) is 8.09. The van der Waals surface area contributed by atoms with Gasteiger partial charge in [-0.15, -0.1) is 0 Å². The van der Waals surface area contributed by atoms with Crippen LogP contribution in [0.4, 0.5) is 0 Å². The Morgan fingerprint density at radius 2 is 1.92 bits per heavy atom. The van der Waals surface area contributed by atoms with Crippen LogP contribution in [0.2, 0.25) is 5.02 Å². The molecule has 7 heteroatoms. The standard InChI is InChI=1S/C17H28ClN3O3/c1-14(24-16-7-5-15(18)6-8-16)13-21-17(19-2)20-9-4-10-23-12-11-22-3/h5-8,14H,4,9-13H2,1-3H3,(H2,19,20,21). The van der Waals surface area contributed by atoms with Gasteiger partial charge in [0.25, 0.3) is 0 Å². The summed E-state index contributed by atoms with van der Waals surface area (Å²) in [7, 11) is 3.41. The molecule has 2 N–H and O–H groups in total. The average molecular weight is 358 g/mol. The lowest BCUT2D eigenvalue weighted by atomic mass is 10.3. The van der Waals surface area contributed by atoms with Crippen LogP contribution in [0.1, 0.15) is 13.3 Å². The predicted molar refractivity (Wildman–Crippen MR) is 98.2 cm³/mol. The molecule has 0 spiro atoms.